The lowest BCUT2D eigenvalue weighted by Crippen LogP contribution is -2.47. The number of carbonyl (C=O) groups is 2. The Morgan fingerprint density at radius 1 is 1.50 bits per heavy atom. The van der Waals surface area contributed by atoms with E-state index in [0.717, 1.165) is 6.07 Å². The lowest BCUT2D eigenvalue weighted by Gasteiger charge is -2.23. The van der Waals surface area contributed by atoms with E-state index >= 15 is 0 Å². The van der Waals surface area contributed by atoms with E-state index in [1.165, 1.54) is 12.1 Å². The number of rotatable bonds is 2. The number of anilines is 1. The summed E-state index contributed by atoms with van der Waals surface area (Å²) >= 11 is 0. The highest BCUT2D eigenvalue weighted by Gasteiger charge is 2.21. The van der Waals surface area contributed by atoms with Crippen LogP contribution in [0.4, 0.5) is 10.1 Å². The van der Waals surface area contributed by atoms with E-state index in [2.05, 4.69) is 10.6 Å². The van der Waals surface area contributed by atoms with Gasteiger partial charge in [0.1, 0.15) is 5.82 Å². The second-order valence-electron chi connectivity index (χ2n) is 4.25. The molecule has 1 atom stereocenters. The first-order valence-electron chi connectivity index (χ1n) is 5.69. The maximum Gasteiger partial charge on any atom is 0.254 e. The predicted octanol–water partition coefficient (Wildman–Crippen LogP) is 0.416. The molecule has 1 heterocycles. The fourth-order valence-corrected chi connectivity index (χ4v) is 1.83. The van der Waals surface area contributed by atoms with Gasteiger partial charge in [-0.3, -0.25) is 9.59 Å². The van der Waals surface area contributed by atoms with Crippen molar-refractivity contribution in [2.24, 2.45) is 0 Å². The Hall–Kier alpha value is -2.11. The van der Waals surface area contributed by atoms with E-state index in [1.807, 2.05) is 0 Å². The molecule has 1 aliphatic rings. The summed E-state index contributed by atoms with van der Waals surface area (Å²) < 4.78 is 13.5. The average Bonchev–Trinajstić information content (AvgIpc) is 2.32. The van der Waals surface area contributed by atoms with Crippen LogP contribution in [0.2, 0.25) is 0 Å². The van der Waals surface area contributed by atoms with Crippen LogP contribution >= 0.6 is 0 Å². The molecule has 2 amide bonds. The maximum absolute atomic E-state index is 13.5. The molecule has 1 saturated heterocycles. The van der Waals surface area contributed by atoms with Crippen molar-refractivity contribution < 1.29 is 14.0 Å². The fraction of sp³-hybridized carbons (Fsp3) is 0.333. The topological polar surface area (TPSA) is 84.2 Å². The number of amides is 2. The molecular formula is C12H14FN3O2. The first-order valence-corrected chi connectivity index (χ1v) is 5.69. The molecule has 18 heavy (non-hydrogen) atoms. The van der Waals surface area contributed by atoms with Gasteiger partial charge in [0.25, 0.3) is 5.91 Å². The molecule has 0 aromatic heterocycles. The van der Waals surface area contributed by atoms with Gasteiger partial charge in [-0.2, -0.15) is 0 Å². The molecule has 1 aromatic carbocycles. The molecule has 0 bridgehead atoms. The third-order valence-electron chi connectivity index (χ3n) is 2.84. The molecule has 2 rings (SSSR count). The van der Waals surface area contributed by atoms with E-state index in [0.29, 0.717) is 19.4 Å². The van der Waals surface area contributed by atoms with Crippen molar-refractivity contribution >= 4 is 17.5 Å². The summed E-state index contributed by atoms with van der Waals surface area (Å²) in [5.41, 5.74) is 5.64. The number of piperidine rings is 1. The van der Waals surface area contributed by atoms with E-state index in [-0.39, 0.29) is 23.2 Å². The summed E-state index contributed by atoms with van der Waals surface area (Å²) in [6.07, 6.45) is 0.934. The Balaban J connectivity index is 2.01. The monoisotopic (exact) mass is 251 g/mol. The van der Waals surface area contributed by atoms with Crippen LogP contribution in [0.3, 0.4) is 0 Å². The Kier molecular flexibility index (Phi) is 3.45. The quantitative estimate of drug-likeness (QED) is 0.666. The molecule has 1 aliphatic heterocycles. The standard InChI is InChI=1S/C12H14FN3O2/c13-10-5-7(14)1-3-9(10)12(18)16-8-2-4-11(17)15-6-8/h1,3,5,8H,2,4,6,14H2,(H,15,17)(H,16,18). The molecule has 0 saturated carbocycles. The van der Waals surface area contributed by atoms with Gasteiger partial charge in [0, 0.05) is 24.7 Å². The van der Waals surface area contributed by atoms with Crippen LogP contribution in [0.5, 0.6) is 0 Å². The van der Waals surface area contributed by atoms with Crippen molar-refractivity contribution in [1.29, 1.82) is 0 Å². The van der Waals surface area contributed by atoms with Crippen LogP contribution in [0.1, 0.15) is 23.2 Å². The maximum atomic E-state index is 13.5. The third kappa shape index (κ3) is 2.77. The van der Waals surface area contributed by atoms with Crippen molar-refractivity contribution in [2.45, 2.75) is 18.9 Å². The number of hydrogen-bond donors (Lipinski definition) is 3. The predicted molar refractivity (Wildman–Crippen MR) is 64.3 cm³/mol. The average molecular weight is 251 g/mol. The third-order valence-corrected chi connectivity index (χ3v) is 2.84. The van der Waals surface area contributed by atoms with Crippen molar-refractivity contribution in [1.82, 2.24) is 10.6 Å². The second kappa shape index (κ2) is 5.03. The molecule has 96 valence electrons. The number of benzene rings is 1. The molecule has 0 spiro atoms. The summed E-state index contributed by atoms with van der Waals surface area (Å²) in [7, 11) is 0. The van der Waals surface area contributed by atoms with Gasteiger partial charge >= 0.3 is 0 Å². The molecule has 1 aromatic rings. The lowest BCUT2D eigenvalue weighted by atomic mass is 10.1. The molecule has 0 aliphatic carbocycles. The molecule has 5 nitrogen and oxygen atoms in total. The van der Waals surface area contributed by atoms with Gasteiger partial charge in [-0.05, 0) is 24.6 Å². The van der Waals surface area contributed by atoms with Crippen LogP contribution in [0.15, 0.2) is 18.2 Å². The van der Waals surface area contributed by atoms with Crippen LogP contribution in [-0.4, -0.2) is 24.4 Å². The van der Waals surface area contributed by atoms with E-state index in [9.17, 15) is 14.0 Å². The zero-order chi connectivity index (χ0) is 13.1. The highest BCUT2D eigenvalue weighted by Crippen LogP contribution is 2.12. The number of hydrogen-bond acceptors (Lipinski definition) is 3. The first kappa shape index (κ1) is 12.3. The van der Waals surface area contributed by atoms with Crippen LogP contribution in [0, 0.1) is 5.82 Å². The minimum atomic E-state index is -0.646. The largest absolute Gasteiger partial charge is 0.399 e. The van der Waals surface area contributed by atoms with Gasteiger partial charge in [0.05, 0.1) is 5.56 Å². The zero-order valence-corrected chi connectivity index (χ0v) is 9.70. The second-order valence-corrected chi connectivity index (χ2v) is 4.25. The van der Waals surface area contributed by atoms with Crippen molar-refractivity contribution in [3.05, 3.63) is 29.6 Å². The van der Waals surface area contributed by atoms with E-state index in [4.69, 9.17) is 5.73 Å². The Morgan fingerprint density at radius 2 is 2.28 bits per heavy atom. The summed E-state index contributed by atoms with van der Waals surface area (Å²) in [6.45, 7) is 0.376. The van der Waals surface area contributed by atoms with Crippen molar-refractivity contribution in [2.75, 3.05) is 12.3 Å². The highest BCUT2D eigenvalue weighted by atomic mass is 19.1. The Morgan fingerprint density at radius 3 is 2.89 bits per heavy atom. The van der Waals surface area contributed by atoms with Crippen molar-refractivity contribution in [3.63, 3.8) is 0 Å². The number of nitrogen functional groups attached to an aromatic ring is 1. The highest BCUT2D eigenvalue weighted by molar-refractivity contribution is 5.95. The summed E-state index contributed by atoms with van der Waals surface area (Å²) in [5, 5.41) is 5.33. The first-order chi connectivity index (χ1) is 8.56. The zero-order valence-electron chi connectivity index (χ0n) is 9.70. The number of nitrogens with one attached hydrogen (secondary N) is 2. The minimum absolute atomic E-state index is 0.0286. The van der Waals surface area contributed by atoms with E-state index in [1.54, 1.807) is 0 Å². The summed E-state index contributed by atoms with van der Waals surface area (Å²) in [6, 6.07) is 3.77. The Labute approximate surface area is 104 Å². The molecular weight excluding hydrogens is 237 g/mol. The van der Waals surface area contributed by atoms with Crippen molar-refractivity contribution in [3.8, 4) is 0 Å². The van der Waals surface area contributed by atoms with Gasteiger partial charge in [-0.1, -0.05) is 0 Å². The Bertz CT molecular complexity index is 480. The van der Waals surface area contributed by atoms with Gasteiger partial charge in [0.15, 0.2) is 0 Å². The van der Waals surface area contributed by atoms with Gasteiger partial charge in [0.2, 0.25) is 5.91 Å². The van der Waals surface area contributed by atoms with Gasteiger partial charge in [-0.25, -0.2) is 4.39 Å². The van der Waals surface area contributed by atoms with Crippen LogP contribution in [-0.2, 0) is 4.79 Å². The number of halogens is 1. The smallest absolute Gasteiger partial charge is 0.254 e. The normalized spacial score (nSPS) is 19.2. The molecule has 1 unspecified atom stereocenters. The molecule has 1 fully saturated rings. The van der Waals surface area contributed by atoms with Crippen LogP contribution in [0.25, 0.3) is 0 Å². The lowest BCUT2D eigenvalue weighted by molar-refractivity contribution is -0.122. The van der Waals surface area contributed by atoms with Crippen LogP contribution < -0.4 is 16.4 Å². The van der Waals surface area contributed by atoms with E-state index < -0.39 is 11.7 Å². The SMILES string of the molecule is Nc1ccc(C(=O)NC2CCC(=O)NC2)c(F)c1. The molecule has 0 radical (unpaired) electrons. The number of carbonyl (C=O) groups excluding carboxylic acids is 2. The molecule has 6 heteroatoms. The molecule has 4 N–H and O–H groups in total. The summed E-state index contributed by atoms with van der Waals surface area (Å²) in [5.74, 6) is -1.17. The fourth-order valence-electron chi connectivity index (χ4n) is 1.83. The minimum Gasteiger partial charge on any atom is -0.399 e. The van der Waals surface area contributed by atoms with Gasteiger partial charge < -0.3 is 16.4 Å². The number of nitrogens with two attached hydrogens (primary N) is 1. The van der Waals surface area contributed by atoms with Gasteiger partial charge in [-0.15, -0.1) is 0 Å². The summed E-state index contributed by atoms with van der Waals surface area (Å²) in [4.78, 5) is 22.8.